The first kappa shape index (κ1) is 17.7. The summed E-state index contributed by atoms with van der Waals surface area (Å²) >= 11 is 0. The van der Waals surface area contributed by atoms with Crippen LogP contribution in [0.15, 0.2) is 54.6 Å². The molecule has 0 aliphatic heterocycles. The summed E-state index contributed by atoms with van der Waals surface area (Å²) in [6, 6.07) is 17.0. The predicted octanol–water partition coefficient (Wildman–Crippen LogP) is 3.41. The number of Topliss-reactive ketones (excluding diaryl/α,β-unsaturated/α-hetero) is 1. The van der Waals surface area contributed by atoms with Crippen molar-refractivity contribution in [2.45, 2.75) is 25.7 Å². The van der Waals surface area contributed by atoms with Crippen molar-refractivity contribution in [2.24, 2.45) is 0 Å². The zero-order valence-corrected chi connectivity index (χ0v) is 14.0. The molecule has 0 atom stereocenters. The van der Waals surface area contributed by atoms with Crippen molar-refractivity contribution in [2.75, 3.05) is 13.7 Å². The lowest BCUT2D eigenvalue weighted by atomic mass is 10.1. The molecule has 126 valence electrons. The van der Waals surface area contributed by atoms with E-state index in [1.54, 1.807) is 19.2 Å². The van der Waals surface area contributed by atoms with Crippen LogP contribution in [0.4, 0.5) is 0 Å². The number of ether oxygens (including phenoxy) is 1. The summed E-state index contributed by atoms with van der Waals surface area (Å²) < 4.78 is 5.11. The molecule has 0 aliphatic rings. The van der Waals surface area contributed by atoms with E-state index in [0.717, 1.165) is 17.7 Å². The summed E-state index contributed by atoms with van der Waals surface area (Å²) in [5.74, 6) is 0.900. The Morgan fingerprint density at radius 2 is 1.67 bits per heavy atom. The van der Waals surface area contributed by atoms with Crippen LogP contribution in [0.3, 0.4) is 0 Å². The maximum Gasteiger partial charge on any atom is 0.220 e. The summed E-state index contributed by atoms with van der Waals surface area (Å²) in [4.78, 5) is 23.7. The zero-order chi connectivity index (χ0) is 17.2. The number of amides is 1. The van der Waals surface area contributed by atoms with Gasteiger partial charge in [0.2, 0.25) is 5.91 Å². The van der Waals surface area contributed by atoms with Crippen LogP contribution in [0.25, 0.3) is 0 Å². The molecule has 0 aliphatic carbocycles. The molecule has 0 fully saturated rings. The highest BCUT2D eigenvalue weighted by atomic mass is 16.5. The number of carbonyl (C=O) groups excluding carboxylic acids is 2. The van der Waals surface area contributed by atoms with Gasteiger partial charge in [0.05, 0.1) is 7.11 Å². The van der Waals surface area contributed by atoms with Gasteiger partial charge in [-0.2, -0.15) is 0 Å². The normalized spacial score (nSPS) is 10.2. The van der Waals surface area contributed by atoms with E-state index in [1.165, 1.54) is 0 Å². The highest BCUT2D eigenvalue weighted by molar-refractivity contribution is 5.96. The van der Waals surface area contributed by atoms with E-state index in [2.05, 4.69) is 5.32 Å². The Morgan fingerprint density at radius 3 is 2.33 bits per heavy atom. The minimum Gasteiger partial charge on any atom is -0.497 e. The van der Waals surface area contributed by atoms with Crippen LogP contribution in [-0.2, 0) is 11.2 Å². The summed E-state index contributed by atoms with van der Waals surface area (Å²) in [7, 11) is 1.64. The van der Waals surface area contributed by atoms with Gasteiger partial charge in [0.1, 0.15) is 5.75 Å². The number of ketones is 1. The molecule has 1 amide bonds. The molecule has 24 heavy (non-hydrogen) atoms. The lowest BCUT2D eigenvalue weighted by Gasteiger charge is -2.06. The zero-order valence-electron chi connectivity index (χ0n) is 14.0. The predicted molar refractivity (Wildman–Crippen MR) is 94.3 cm³/mol. The van der Waals surface area contributed by atoms with Crippen molar-refractivity contribution in [3.63, 3.8) is 0 Å². The minimum absolute atomic E-state index is 0.00984. The summed E-state index contributed by atoms with van der Waals surface area (Å²) in [6.07, 6.45) is 2.12. The van der Waals surface area contributed by atoms with E-state index in [1.807, 2.05) is 42.5 Å². The SMILES string of the molecule is COc1ccc(CCNC(=O)CCCC(=O)c2ccccc2)cc1. The smallest absolute Gasteiger partial charge is 0.220 e. The Balaban J connectivity index is 1.62. The molecule has 0 bridgehead atoms. The number of carbonyl (C=O) groups is 2. The van der Waals surface area contributed by atoms with E-state index in [-0.39, 0.29) is 11.7 Å². The second-order valence-electron chi connectivity index (χ2n) is 5.59. The molecule has 0 heterocycles. The van der Waals surface area contributed by atoms with E-state index in [4.69, 9.17) is 4.74 Å². The van der Waals surface area contributed by atoms with Crippen molar-refractivity contribution in [1.82, 2.24) is 5.32 Å². The van der Waals surface area contributed by atoms with E-state index in [0.29, 0.717) is 31.4 Å². The summed E-state index contributed by atoms with van der Waals surface area (Å²) in [5.41, 5.74) is 1.85. The molecule has 2 aromatic carbocycles. The molecule has 4 nitrogen and oxygen atoms in total. The van der Waals surface area contributed by atoms with Crippen LogP contribution < -0.4 is 10.1 Å². The van der Waals surface area contributed by atoms with Crippen molar-refractivity contribution in [3.8, 4) is 5.75 Å². The molecule has 0 saturated carbocycles. The summed E-state index contributed by atoms with van der Waals surface area (Å²) in [6.45, 7) is 0.595. The number of benzene rings is 2. The number of nitrogens with one attached hydrogen (secondary N) is 1. The van der Waals surface area contributed by atoms with Crippen LogP contribution >= 0.6 is 0 Å². The molecule has 4 heteroatoms. The highest BCUT2D eigenvalue weighted by Gasteiger charge is 2.07. The third-order valence-corrected chi connectivity index (χ3v) is 3.80. The van der Waals surface area contributed by atoms with Crippen LogP contribution in [0.2, 0.25) is 0 Å². The maximum absolute atomic E-state index is 11.9. The Kier molecular flexibility index (Phi) is 7.02. The van der Waals surface area contributed by atoms with Gasteiger partial charge >= 0.3 is 0 Å². The largest absolute Gasteiger partial charge is 0.497 e. The minimum atomic E-state index is -0.00984. The molecular formula is C20H23NO3. The third-order valence-electron chi connectivity index (χ3n) is 3.80. The number of methoxy groups -OCH3 is 1. The van der Waals surface area contributed by atoms with E-state index < -0.39 is 0 Å². The number of rotatable bonds is 9. The molecule has 0 aromatic heterocycles. The van der Waals surface area contributed by atoms with Crippen LogP contribution in [0, 0.1) is 0 Å². The first-order chi connectivity index (χ1) is 11.7. The Morgan fingerprint density at radius 1 is 0.958 bits per heavy atom. The maximum atomic E-state index is 11.9. The lowest BCUT2D eigenvalue weighted by molar-refractivity contribution is -0.121. The fraction of sp³-hybridized carbons (Fsp3) is 0.300. The Bertz CT molecular complexity index is 650. The quantitative estimate of drug-likeness (QED) is 0.719. The molecule has 2 rings (SSSR count). The third kappa shape index (κ3) is 5.88. The van der Waals surface area contributed by atoms with Crippen molar-refractivity contribution < 1.29 is 14.3 Å². The number of hydrogen-bond acceptors (Lipinski definition) is 3. The molecule has 1 N–H and O–H groups in total. The first-order valence-corrected chi connectivity index (χ1v) is 8.17. The molecular weight excluding hydrogens is 302 g/mol. The monoisotopic (exact) mass is 325 g/mol. The van der Waals surface area contributed by atoms with Gasteiger partial charge in [-0.3, -0.25) is 9.59 Å². The first-order valence-electron chi connectivity index (χ1n) is 8.17. The van der Waals surface area contributed by atoms with Crippen molar-refractivity contribution >= 4 is 11.7 Å². The molecule has 2 aromatic rings. The van der Waals surface area contributed by atoms with E-state index in [9.17, 15) is 9.59 Å². The van der Waals surface area contributed by atoms with Gasteiger partial charge in [-0.15, -0.1) is 0 Å². The highest BCUT2D eigenvalue weighted by Crippen LogP contribution is 2.11. The van der Waals surface area contributed by atoms with Gasteiger partial charge in [0.15, 0.2) is 5.78 Å². The average molecular weight is 325 g/mol. The summed E-state index contributed by atoms with van der Waals surface area (Å²) in [5, 5.41) is 2.89. The van der Waals surface area contributed by atoms with Crippen LogP contribution in [0.1, 0.15) is 35.2 Å². The molecule has 0 radical (unpaired) electrons. The fourth-order valence-electron chi connectivity index (χ4n) is 2.40. The van der Waals surface area contributed by atoms with Gasteiger partial charge in [-0.25, -0.2) is 0 Å². The molecule has 0 unspecified atom stereocenters. The van der Waals surface area contributed by atoms with Gasteiger partial charge in [-0.1, -0.05) is 42.5 Å². The van der Waals surface area contributed by atoms with Gasteiger partial charge in [-0.05, 0) is 30.5 Å². The number of hydrogen-bond donors (Lipinski definition) is 1. The average Bonchev–Trinajstić information content (AvgIpc) is 2.63. The second kappa shape index (κ2) is 9.50. The Hall–Kier alpha value is -2.62. The second-order valence-corrected chi connectivity index (χ2v) is 5.59. The molecule has 0 spiro atoms. The van der Waals surface area contributed by atoms with Gasteiger partial charge in [0.25, 0.3) is 0 Å². The van der Waals surface area contributed by atoms with Crippen LogP contribution in [0.5, 0.6) is 5.75 Å². The van der Waals surface area contributed by atoms with Gasteiger partial charge in [0, 0.05) is 24.9 Å². The van der Waals surface area contributed by atoms with Crippen molar-refractivity contribution in [1.29, 1.82) is 0 Å². The molecule has 0 saturated heterocycles. The Labute approximate surface area is 142 Å². The van der Waals surface area contributed by atoms with Crippen LogP contribution in [-0.4, -0.2) is 25.3 Å². The topological polar surface area (TPSA) is 55.4 Å². The fourth-order valence-corrected chi connectivity index (χ4v) is 2.40. The standard InChI is InChI=1S/C20H23NO3/c1-24-18-12-10-16(11-13-18)14-15-21-20(23)9-5-8-19(22)17-6-3-2-4-7-17/h2-4,6-7,10-13H,5,8-9,14-15H2,1H3,(H,21,23). The van der Waals surface area contributed by atoms with Gasteiger partial charge < -0.3 is 10.1 Å². The van der Waals surface area contributed by atoms with E-state index >= 15 is 0 Å². The lowest BCUT2D eigenvalue weighted by Crippen LogP contribution is -2.25. The van der Waals surface area contributed by atoms with Crippen molar-refractivity contribution in [3.05, 3.63) is 65.7 Å².